The molecule has 1 N–H and O–H groups in total. The third-order valence-corrected chi connectivity index (χ3v) is 5.97. The van der Waals surface area contributed by atoms with Crippen molar-refractivity contribution in [2.24, 2.45) is 0 Å². The van der Waals surface area contributed by atoms with Gasteiger partial charge in [0, 0.05) is 12.7 Å². The summed E-state index contributed by atoms with van der Waals surface area (Å²) in [5, 5.41) is 12.7. The Labute approximate surface area is 177 Å². The number of hydrogen-bond acceptors (Lipinski definition) is 7. The van der Waals surface area contributed by atoms with E-state index in [1.807, 2.05) is 48.7 Å². The summed E-state index contributed by atoms with van der Waals surface area (Å²) >= 11 is 2.68. The highest BCUT2D eigenvalue weighted by Crippen LogP contribution is 2.28. The minimum Gasteiger partial charge on any atom is -0.410 e. The lowest BCUT2D eigenvalue weighted by molar-refractivity contribution is -0.132. The van der Waals surface area contributed by atoms with E-state index >= 15 is 0 Å². The Morgan fingerprint density at radius 2 is 2.03 bits per heavy atom. The molecule has 1 atom stereocenters. The molecule has 152 valence electrons. The zero-order valence-electron chi connectivity index (χ0n) is 16.4. The molecule has 0 saturated carbocycles. The lowest BCUT2D eigenvalue weighted by atomic mass is 10.1. The number of anilines is 1. The molecule has 0 bridgehead atoms. The summed E-state index contributed by atoms with van der Waals surface area (Å²) in [5.41, 5.74) is 1.83. The van der Waals surface area contributed by atoms with Gasteiger partial charge in [0.2, 0.25) is 11.8 Å². The second-order valence-electron chi connectivity index (χ2n) is 6.36. The number of thioether (sulfide) groups is 1. The van der Waals surface area contributed by atoms with Crippen LogP contribution in [0.5, 0.6) is 0 Å². The maximum absolute atomic E-state index is 12.6. The number of nitrogens with zero attached hydrogens (tertiary/aromatic N) is 3. The van der Waals surface area contributed by atoms with Gasteiger partial charge in [-0.3, -0.25) is 9.59 Å². The Hall–Kier alpha value is -2.65. The molecule has 2 aromatic heterocycles. The van der Waals surface area contributed by atoms with Crippen molar-refractivity contribution >= 4 is 40.6 Å². The SMILES string of the molecule is CCc1ccccc1NC(=O)CN(C)C(=O)C(C)Sc1nnc(-c2cccs2)o1. The molecule has 0 radical (unpaired) electrons. The van der Waals surface area contributed by atoms with Crippen LogP contribution in [0.3, 0.4) is 0 Å². The number of hydrogen-bond donors (Lipinski definition) is 1. The fourth-order valence-corrected chi connectivity index (χ4v) is 4.15. The largest absolute Gasteiger partial charge is 0.410 e. The maximum Gasteiger partial charge on any atom is 0.277 e. The molecule has 2 amide bonds. The molecule has 7 nitrogen and oxygen atoms in total. The van der Waals surface area contributed by atoms with E-state index in [4.69, 9.17) is 4.42 Å². The number of nitrogens with one attached hydrogen (secondary N) is 1. The molecule has 0 aliphatic rings. The predicted octanol–water partition coefficient (Wildman–Crippen LogP) is 3.94. The van der Waals surface area contributed by atoms with Gasteiger partial charge in [0.1, 0.15) is 0 Å². The van der Waals surface area contributed by atoms with Crippen LogP contribution in [-0.2, 0) is 16.0 Å². The quantitative estimate of drug-likeness (QED) is 0.545. The number of para-hydroxylation sites is 1. The highest BCUT2D eigenvalue weighted by atomic mass is 32.2. The van der Waals surface area contributed by atoms with Gasteiger partial charge in [0.25, 0.3) is 11.1 Å². The molecular formula is C20H22N4O3S2. The summed E-state index contributed by atoms with van der Waals surface area (Å²) < 4.78 is 5.62. The topological polar surface area (TPSA) is 88.3 Å². The Balaban J connectivity index is 1.54. The number of aryl methyl sites for hydroxylation is 1. The van der Waals surface area contributed by atoms with E-state index in [0.717, 1.165) is 22.5 Å². The van der Waals surface area contributed by atoms with Crippen molar-refractivity contribution < 1.29 is 14.0 Å². The van der Waals surface area contributed by atoms with E-state index in [1.165, 1.54) is 28.0 Å². The third-order valence-electron chi connectivity index (χ3n) is 4.19. The molecule has 0 aliphatic carbocycles. The number of aromatic nitrogens is 2. The van der Waals surface area contributed by atoms with Gasteiger partial charge in [-0.05, 0) is 36.4 Å². The zero-order chi connectivity index (χ0) is 20.8. The van der Waals surface area contributed by atoms with Crippen LogP contribution in [0, 0.1) is 0 Å². The highest BCUT2D eigenvalue weighted by molar-refractivity contribution is 8.00. The first-order chi connectivity index (χ1) is 14.0. The standard InChI is InChI=1S/C20H22N4O3S2/c1-4-14-8-5-6-9-15(14)21-17(25)12-24(3)19(26)13(2)29-20-23-22-18(27-20)16-10-7-11-28-16/h5-11,13H,4,12H2,1-3H3,(H,21,25). The van der Waals surface area contributed by atoms with Gasteiger partial charge < -0.3 is 14.6 Å². The van der Waals surface area contributed by atoms with Gasteiger partial charge in [-0.1, -0.05) is 43.0 Å². The fourth-order valence-electron chi connectivity index (χ4n) is 2.70. The minimum absolute atomic E-state index is 0.0357. The van der Waals surface area contributed by atoms with Gasteiger partial charge in [-0.15, -0.1) is 21.5 Å². The summed E-state index contributed by atoms with van der Waals surface area (Å²) in [5.74, 6) is 0.00555. The molecule has 2 heterocycles. The van der Waals surface area contributed by atoms with E-state index in [9.17, 15) is 9.59 Å². The van der Waals surface area contributed by atoms with Crippen molar-refractivity contribution in [3.8, 4) is 10.8 Å². The Morgan fingerprint density at radius 3 is 2.76 bits per heavy atom. The van der Waals surface area contributed by atoms with Crippen LogP contribution in [-0.4, -0.2) is 45.8 Å². The third kappa shape index (κ3) is 5.45. The molecule has 0 aliphatic heterocycles. The first-order valence-electron chi connectivity index (χ1n) is 9.14. The second-order valence-corrected chi connectivity index (χ2v) is 8.60. The first-order valence-corrected chi connectivity index (χ1v) is 10.9. The van der Waals surface area contributed by atoms with Crippen molar-refractivity contribution in [3.63, 3.8) is 0 Å². The fraction of sp³-hybridized carbons (Fsp3) is 0.300. The predicted molar refractivity (Wildman–Crippen MR) is 115 cm³/mol. The highest BCUT2D eigenvalue weighted by Gasteiger charge is 2.23. The molecule has 0 saturated heterocycles. The molecule has 9 heteroatoms. The number of carbonyl (C=O) groups is 2. The van der Waals surface area contributed by atoms with Crippen LogP contribution >= 0.6 is 23.1 Å². The number of rotatable bonds is 8. The van der Waals surface area contributed by atoms with E-state index in [0.29, 0.717) is 11.1 Å². The van der Waals surface area contributed by atoms with E-state index in [-0.39, 0.29) is 18.4 Å². The van der Waals surface area contributed by atoms with Gasteiger partial charge in [0.05, 0.1) is 16.7 Å². The van der Waals surface area contributed by atoms with Crippen molar-refractivity contribution in [1.29, 1.82) is 0 Å². The monoisotopic (exact) mass is 430 g/mol. The van der Waals surface area contributed by atoms with Crippen molar-refractivity contribution in [1.82, 2.24) is 15.1 Å². The summed E-state index contributed by atoms with van der Waals surface area (Å²) in [7, 11) is 1.61. The van der Waals surface area contributed by atoms with E-state index < -0.39 is 5.25 Å². The van der Waals surface area contributed by atoms with Gasteiger partial charge in [0.15, 0.2) is 0 Å². The van der Waals surface area contributed by atoms with Gasteiger partial charge in [-0.25, -0.2) is 0 Å². The number of likely N-dealkylation sites (N-methyl/N-ethyl adjacent to an activating group) is 1. The lowest BCUT2D eigenvalue weighted by Crippen LogP contribution is -2.39. The number of amides is 2. The average Bonchev–Trinajstić information content (AvgIpc) is 3.39. The normalized spacial score (nSPS) is 11.8. The molecule has 29 heavy (non-hydrogen) atoms. The Kier molecular flexibility index (Phi) is 7.05. The first kappa shape index (κ1) is 21.1. The Bertz CT molecular complexity index is 972. The average molecular weight is 431 g/mol. The number of benzene rings is 1. The van der Waals surface area contributed by atoms with Crippen molar-refractivity contribution in [3.05, 3.63) is 47.3 Å². The molecule has 3 aromatic rings. The molecule has 0 fully saturated rings. The van der Waals surface area contributed by atoms with Crippen molar-refractivity contribution in [2.45, 2.75) is 30.7 Å². The molecule has 3 rings (SSSR count). The summed E-state index contributed by atoms with van der Waals surface area (Å²) in [4.78, 5) is 27.3. The smallest absolute Gasteiger partial charge is 0.277 e. The summed E-state index contributed by atoms with van der Waals surface area (Å²) in [6.45, 7) is 3.75. The van der Waals surface area contributed by atoms with E-state index in [1.54, 1.807) is 14.0 Å². The van der Waals surface area contributed by atoms with Gasteiger partial charge in [-0.2, -0.15) is 0 Å². The van der Waals surface area contributed by atoms with Crippen LogP contribution in [0.2, 0.25) is 0 Å². The number of thiophene rings is 1. The van der Waals surface area contributed by atoms with Crippen LogP contribution in [0.25, 0.3) is 10.8 Å². The van der Waals surface area contributed by atoms with Gasteiger partial charge >= 0.3 is 0 Å². The van der Waals surface area contributed by atoms with E-state index in [2.05, 4.69) is 15.5 Å². The molecular weight excluding hydrogens is 408 g/mol. The van der Waals surface area contributed by atoms with Crippen LogP contribution < -0.4 is 5.32 Å². The van der Waals surface area contributed by atoms with Crippen LogP contribution in [0.4, 0.5) is 5.69 Å². The lowest BCUT2D eigenvalue weighted by Gasteiger charge is -2.20. The minimum atomic E-state index is -0.465. The molecule has 0 spiro atoms. The van der Waals surface area contributed by atoms with Crippen LogP contribution in [0.1, 0.15) is 19.4 Å². The summed E-state index contributed by atoms with van der Waals surface area (Å²) in [6.07, 6.45) is 0.816. The molecule has 1 aromatic carbocycles. The second kappa shape index (κ2) is 9.71. The Morgan fingerprint density at radius 1 is 1.24 bits per heavy atom. The zero-order valence-corrected chi connectivity index (χ0v) is 18.0. The number of carbonyl (C=O) groups excluding carboxylic acids is 2. The van der Waals surface area contributed by atoms with Crippen molar-refractivity contribution in [2.75, 3.05) is 18.9 Å². The van der Waals surface area contributed by atoms with Crippen LogP contribution in [0.15, 0.2) is 51.4 Å². The molecule has 1 unspecified atom stereocenters. The maximum atomic E-state index is 12.6. The summed E-state index contributed by atoms with van der Waals surface area (Å²) in [6, 6.07) is 11.4.